The zero-order chi connectivity index (χ0) is 19.2. The second kappa shape index (κ2) is 8.51. The summed E-state index contributed by atoms with van der Waals surface area (Å²) < 4.78 is 5.69. The SMILES string of the molecule is CC(=O)Nc1ccc(Cl)c(NC(=O)CCc2ncc(-c3ccccc3)o2)c1. The van der Waals surface area contributed by atoms with Crippen LogP contribution in [0.1, 0.15) is 19.2 Å². The predicted octanol–water partition coefficient (Wildman–Crippen LogP) is 4.52. The molecule has 0 fully saturated rings. The highest BCUT2D eigenvalue weighted by molar-refractivity contribution is 6.33. The first-order valence-corrected chi connectivity index (χ1v) is 8.76. The average molecular weight is 384 g/mol. The van der Waals surface area contributed by atoms with Crippen molar-refractivity contribution < 1.29 is 14.0 Å². The van der Waals surface area contributed by atoms with Gasteiger partial charge in [-0.3, -0.25) is 9.59 Å². The number of aromatic nitrogens is 1. The summed E-state index contributed by atoms with van der Waals surface area (Å²) in [4.78, 5) is 27.6. The minimum absolute atomic E-state index is 0.190. The second-order valence-electron chi connectivity index (χ2n) is 5.91. The quantitative estimate of drug-likeness (QED) is 0.655. The van der Waals surface area contributed by atoms with E-state index < -0.39 is 0 Å². The Labute approximate surface area is 161 Å². The number of amides is 2. The molecule has 0 aliphatic carbocycles. The van der Waals surface area contributed by atoms with Crippen molar-refractivity contribution in [1.82, 2.24) is 4.98 Å². The van der Waals surface area contributed by atoms with Crippen LogP contribution in [-0.4, -0.2) is 16.8 Å². The van der Waals surface area contributed by atoms with E-state index in [1.807, 2.05) is 30.3 Å². The number of benzene rings is 2. The van der Waals surface area contributed by atoms with Crippen molar-refractivity contribution in [3.05, 3.63) is 65.6 Å². The first-order valence-electron chi connectivity index (χ1n) is 8.38. The summed E-state index contributed by atoms with van der Waals surface area (Å²) in [6.07, 6.45) is 2.20. The molecule has 0 radical (unpaired) electrons. The van der Waals surface area contributed by atoms with Crippen LogP contribution < -0.4 is 10.6 Å². The van der Waals surface area contributed by atoms with Gasteiger partial charge in [0.25, 0.3) is 0 Å². The molecule has 2 aromatic carbocycles. The summed E-state index contributed by atoms with van der Waals surface area (Å²) in [5.41, 5.74) is 1.93. The number of carbonyl (C=O) groups excluding carboxylic acids is 2. The molecule has 0 bridgehead atoms. The number of hydrogen-bond acceptors (Lipinski definition) is 4. The standard InChI is InChI=1S/C20H18ClN3O3/c1-13(25)23-15-7-8-16(21)17(11-15)24-19(26)9-10-20-22-12-18(27-20)14-5-3-2-4-6-14/h2-8,11-12H,9-10H2,1H3,(H,23,25)(H,24,26). The lowest BCUT2D eigenvalue weighted by molar-refractivity contribution is -0.116. The molecule has 1 aromatic heterocycles. The van der Waals surface area contributed by atoms with Gasteiger partial charge in [0.1, 0.15) is 0 Å². The Hall–Kier alpha value is -3.12. The lowest BCUT2D eigenvalue weighted by Gasteiger charge is -2.09. The van der Waals surface area contributed by atoms with Gasteiger partial charge in [0, 0.05) is 31.0 Å². The third-order valence-corrected chi connectivity index (χ3v) is 4.07. The van der Waals surface area contributed by atoms with Gasteiger partial charge in [-0.1, -0.05) is 41.9 Å². The Balaban J connectivity index is 1.59. The van der Waals surface area contributed by atoms with Gasteiger partial charge in [-0.2, -0.15) is 0 Å². The largest absolute Gasteiger partial charge is 0.441 e. The lowest BCUT2D eigenvalue weighted by Crippen LogP contribution is -2.13. The molecule has 2 N–H and O–H groups in total. The molecular weight excluding hydrogens is 366 g/mol. The fraction of sp³-hybridized carbons (Fsp3) is 0.150. The van der Waals surface area contributed by atoms with Crippen LogP contribution in [0.4, 0.5) is 11.4 Å². The number of oxazole rings is 1. The molecule has 0 saturated heterocycles. The Morgan fingerprint density at radius 3 is 2.63 bits per heavy atom. The van der Waals surface area contributed by atoms with Crippen LogP contribution in [0.3, 0.4) is 0 Å². The zero-order valence-corrected chi connectivity index (χ0v) is 15.4. The first kappa shape index (κ1) is 18.7. The van der Waals surface area contributed by atoms with E-state index in [0.717, 1.165) is 5.56 Å². The number of hydrogen-bond donors (Lipinski definition) is 2. The molecule has 7 heteroatoms. The molecule has 27 heavy (non-hydrogen) atoms. The van der Waals surface area contributed by atoms with Gasteiger partial charge in [0.05, 0.1) is 16.9 Å². The molecule has 6 nitrogen and oxygen atoms in total. The third kappa shape index (κ3) is 5.18. The highest BCUT2D eigenvalue weighted by Crippen LogP contribution is 2.26. The predicted molar refractivity (Wildman–Crippen MR) is 105 cm³/mol. The molecule has 0 unspecified atom stereocenters. The van der Waals surface area contributed by atoms with Crippen LogP contribution in [0, 0.1) is 0 Å². The van der Waals surface area contributed by atoms with Crippen LogP contribution in [0.15, 0.2) is 59.1 Å². The molecule has 0 aliphatic heterocycles. The van der Waals surface area contributed by atoms with Gasteiger partial charge >= 0.3 is 0 Å². The summed E-state index contributed by atoms with van der Waals surface area (Å²) >= 11 is 6.11. The molecular formula is C20H18ClN3O3. The average Bonchev–Trinajstić information content (AvgIpc) is 3.12. The maximum absolute atomic E-state index is 12.2. The van der Waals surface area contributed by atoms with E-state index in [4.69, 9.17) is 16.0 Å². The van der Waals surface area contributed by atoms with Crippen molar-refractivity contribution in [2.24, 2.45) is 0 Å². The molecule has 3 aromatic rings. The van der Waals surface area contributed by atoms with E-state index >= 15 is 0 Å². The fourth-order valence-electron chi connectivity index (χ4n) is 2.50. The maximum Gasteiger partial charge on any atom is 0.224 e. The van der Waals surface area contributed by atoms with E-state index in [0.29, 0.717) is 34.5 Å². The van der Waals surface area contributed by atoms with Crippen molar-refractivity contribution in [3.8, 4) is 11.3 Å². The van der Waals surface area contributed by atoms with E-state index in [9.17, 15) is 9.59 Å². The Morgan fingerprint density at radius 2 is 1.89 bits per heavy atom. The van der Waals surface area contributed by atoms with E-state index in [1.54, 1.807) is 24.4 Å². The first-order chi connectivity index (χ1) is 13.0. The minimum atomic E-state index is -0.226. The van der Waals surface area contributed by atoms with E-state index in [2.05, 4.69) is 15.6 Å². The van der Waals surface area contributed by atoms with Crippen LogP contribution in [0.5, 0.6) is 0 Å². The van der Waals surface area contributed by atoms with Gasteiger partial charge in [-0.05, 0) is 18.2 Å². The van der Waals surface area contributed by atoms with Crippen LogP contribution in [0.25, 0.3) is 11.3 Å². The molecule has 0 aliphatic rings. The number of rotatable bonds is 6. The summed E-state index contributed by atoms with van der Waals surface area (Å²) in [6, 6.07) is 14.5. The Kier molecular flexibility index (Phi) is 5.88. The number of aryl methyl sites for hydroxylation is 1. The number of carbonyl (C=O) groups is 2. The van der Waals surface area contributed by atoms with Gasteiger partial charge in [-0.15, -0.1) is 0 Å². The van der Waals surface area contributed by atoms with Crippen molar-refractivity contribution in [3.63, 3.8) is 0 Å². The van der Waals surface area contributed by atoms with Crippen LogP contribution in [-0.2, 0) is 16.0 Å². The molecule has 3 rings (SSSR count). The number of nitrogens with one attached hydrogen (secondary N) is 2. The van der Waals surface area contributed by atoms with Crippen LogP contribution in [0.2, 0.25) is 5.02 Å². The molecule has 0 atom stereocenters. The van der Waals surface area contributed by atoms with Gasteiger partial charge in [-0.25, -0.2) is 4.98 Å². The topological polar surface area (TPSA) is 84.2 Å². The third-order valence-electron chi connectivity index (χ3n) is 3.74. The Morgan fingerprint density at radius 1 is 1.11 bits per heavy atom. The monoisotopic (exact) mass is 383 g/mol. The van der Waals surface area contributed by atoms with Gasteiger partial charge in [0.15, 0.2) is 11.7 Å². The Bertz CT molecular complexity index is 954. The zero-order valence-electron chi connectivity index (χ0n) is 14.7. The van der Waals surface area contributed by atoms with Gasteiger partial charge in [0.2, 0.25) is 11.8 Å². The number of anilines is 2. The highest BCUT2D eigenvalue weighted by Gasteiger charge is 2.11. The number of halogens is 1. The second-order valence-corrected chi connectivity index (χ2v) is 6.32. The summed E-state index contributed by atoms with van der Waals surface area (Å²) in [6.45, 7) is 1.41. The summed E-state index contributed by atoms with van der Waals surface area (Å²) in [5.74, 6) is 0.725. The van der Waals surface area contributed by atoms with Crippen molar-refractivity contribution in [2.75, 3.05) is 10.6 Å². The number of nitrogens with zero attached hydrogens (tertiary/aromatic N) is 1. The maximum atomic E-state index is 12.2. The molecule has 0 spiro atoms. The van der Waals surface area contributed by atoms with Crippen molar-refractivity contribution in [2.45, 2.75) is 19.8 Å². The summed E-state index contributed by atoms with van der Waals surface area (Å²) in [7, 11) is 0. The normalized spacial score (nSPS) is 10.4. The van der Waals surface area contributed by atoms with Crippen molar-refractivity contribution >= 4 is 34.8 Å². The van der Waals surface area contributed by atoms with Gasteiger partial charge < -0.3 is 15.1 Å². The molecule has 0 saturated carbocycles. The van der Waals surface area contributed by atoms with E-state index in [1.165, 1.54) is 6.92 Å². The fourth-order valence-corrected chi connectivity index (χ4v) is 2.66. The smallest absolute Gasteiger partial charge is 0.224 e. The molecule has 1 heterocycles. The highest BCUT2D eigenvalue weighted by atomic mass is 35.5. The molecule has 2 amide bonds. The summed E-state index contributed by atoms with van der Waals surface area (Å²) in [5, 5.41) is 5.78. The molecule has 138 valence electrons. The van der Waals surface area contributed by atoms with E-state index in [-0.39, 0.29) is 18.2 Å². The van der Waals surface area contributed by atoms with Crippen LogP contribution >= 0.6 is 11.6 Å². The van der Waals surface area contributed by atoms with Crippen molar-refractivity contribution in [1.29, 1.82) is 0 Å². The lowest BCUT2D eigenvalue weighted by atomic mass is 10.2. The minimum Gasteiger partial charge on any atom is -0.441 e.